The monoisotopic (exact) mass is 306 g/mol. The molecule has 1 amide bonds. The van der Waals surface area contributed by atoms with E-state index in [1.807, 2.05) is 22.8 Å². The lowest BCUT2D eigenvalue weighted by Gasteiger charge is -2.32. The maximum Gasteiger partial charge on any atom is 0.273 e. The van der Waals surface area contributed by atoms with Crippen LogP contribution in [0.2, 0.25) is 0 Å². The van der Waals surface area contributed by atoms with Gasteiger partial charge in [-0.25, -0.2) is 9.97 Å². The van der Waals surface area contributed by atoms with Crippen molar-refractivity contribution in [2.24, 2.45) is 0 Å². The summed E-state index contributed by atoms with van der Waals surface area (Å²) in [6, 6.07) is 0.308. The summed E-state index contributed by atoms with van der Waals surface area (Å²) >= 11 is 1.47. The molecule has 1 unspecified atom stereocenters. The molecule has 0 spiro atoms. The molecule has 1 aliphatic rings. The van der Waals surface area contributed by atoms with Crippen LogP contribution in [0.4, 0.5) is 0 Å². The lowest BCUT2D eigenvalue weighted by Crippen LogP contribution is -2.40. The second-order valence-electron chi connectivity index (χ2n) is 5.12. The lowest BCUT2D eigenvalue weighted by atomic mass is 10.1. The van der Waals surface area contributed by atoms with Crippen molar-refractivity contribution in [3.63, 3.8) is 0 Å². The zero-order valence-electron chi connectivity index (χ0n) is 11.9. The predicted molar refractivity (Wildman–Crippen MR) is 79.2 cm³/mol. The Bertz CT molecular complexity index is 596. The minimum Gasteiger partial charge on any atom is -0.378 e. The molecular weight excluding hydrogens is 288 g/mol. The zero-order chi connectivity index (χ0) is 14.7. The van der Waals surface area contributed by atoms with Gasteiger partial charge in [0.15, 0.2) is 0 Å². The summed E-state index contributed by atoms with van der Waals surface area (Å²) in [5.41, 5.74) is 0.526. The van der Waals surface area contributed by atoms with Gasteiger partial charge in [-0.1, -0.05) is 0 Å². The highest BCUT2D eigenvalue weighted by Crippen LogP contribution is 2.23. The number of methoxy groups -OCH3 is 1. The first-order valence-corrected chi connectivity index (χ1v) is 7.86. The number of carbonyl (C=O) groups excluding carboxylic acids is 1. The number of carbonyl (C=O) groups is 1. The van der Waals surface area contributed by atoms with Crippen LogP contribution in [0.5, 0.6) is 0 Å². The standard InChI is InChI=1S/C14H18N4O2S/c1-20-8-13-16-12(9-21-13)14(19)17-5-2-3-11(7-17)18-6-4-15-10-18/h4,6,9-11H,2-3,5,7-8H2,1H3. The minimum absolute atomic E-state index is 0.0124. The van der Waals surface area contributed by atoms with Crippen molar-refractivity contribution in [3.05, 3.63) is 34.8 Å². The molecule has 0 aliphatic carbocycles. The van der Waals surface area contributed by atoms with Crippen molar-refractivity contribution in [2.45, 2.75) is 25.5 Å². The lowest BCUT2D eigenvalue weighted by molar-refractivity contribution is 0.0673. The molecule has 1 aliphatic heterocycles. The number of rotatable bonds is 4. The number of nitrogens with zero attached hydrogens (tertiary/aromatic N) is 4. The number of thiazole rings is 1. The number of hydrogen-bond donors (Lipinski definition) is 0. The first-order valence-electron chi connectivity index (χ1n) is 6.98. The Morgan fingerprint density at radius 3 is 3.24 bits per heavy atom. The van der Waals surface area contributed by atoms with E-state index in [1.165, 1.54) is 11.3 Å². The summed E-state index contributed by atoms with van der Waals surface area (Å²) in [6.45, 7) is 1.96. The molecule has 0 saturated carbocycles. The van der Waals surface area contributed by atoms with E-state index in [9.17, 15) is 4.79 Å². The molecular formula is C14H18N4O2S. The fourth-order valence-electron chi connectivity index (χ4n) is 2.63. The second-order valence-corrected chi connectivity index (χ2v) is 6.06. The minimum atomic E-state index is 0.0124. The van der Waals surface area contributed by atoms with Gasteiger partial charge in [0.1, 0.15) is 10.7 Å². The first kappa shape index (κ1) is 14.2. The zero-order valence-corrected chi connectivity index (χ0v) is 12.8. The molecule has 2 aromatic rings. The third-order valence-electron chi connectivity index (χ3n) is 3.67. The maximum absolute atomic E-state index is 12.5. The summed E-state index contributed by atoms with van der Waals surface area (Å²) in [6.07, 6.45) is 7.63. The van der Waals surface area contributed by atoms with E-state index in [-0.39, 0.29) is 5.91 Å². The number of amides is 1. The number of hydrogen-bond acceptors (Lipinski definition) is 5. The van der Waals surface area contributed by atoms with Crippen LogP contribution in [0.1, 0.15) is 34.4 Å². The molecule has 0 radical (unpaired) electrons. The highest BCUT2D eigenvalue weighted by atomic mass is 32.1. The van der Waals surface area contributed by atoms with E-state index >= 15 is 0 Å². The molecule has 6 nitrogen and oxygen atoms in total. The number of imidazole rings is 1. The average Bonchev–Trinajstić information content (AvgIpc) is 3.18. The molecule has 0 aromatic carbocycles. The molecule has 0 N–H and O–H groups in total. The van der Waals surface area contributed by atoms with Crippen LogP contribution in [0.3, 0.4) is 0 Å². The molecule has 1 saturated heterocycles. The van der Waals surface area contributed by atoms with Gasteiger partial charge in [0.05, 0.1) is 19.0 Å². The molecule has 0 bridgehead atoms. The molecule has 1 atom stereocenters. The van der Waals surface area contributed by atoms with Gasteiger partial charge >= 0.3 is 0 Å². The van der Waals surface area contributed by atoms with Gasteiger partial charge in [0.25, 0.3) is 5.91 Å². The largest absolute Gasteiger partial charge is 0.378 e. The Hall–Kier alpha value is -1.73. The predicted octanol–water partition coefficient (Wildman–Crippen LogP) is 1.96. The van der Waals surface area contributed by atoms with Crippen LogP contribution in [0.25, 0.3) is 0 Å². The van der Waals surface area contributed by atoms with Gasteiger partial charge in [0, 0.05) is 38.0 Å². The number of ether oxygens (including phenoxy) is 1. The summed E-state index contributed by atoms with van der Waals surface area (Å²) in [7, 11) is 1.63. The number of aromatic nitrogens is 3. The third kappa shape index (κ3) is 3.14. The van der Waals surface area contributed by atoms with Gasteiger partial charge < -0.3 is 14.2 Å². The smallest absolute Gasteiger partial charge is 0.273 e. The van der Waals surface area contributed by atoms with Gasteiger partial charge in [-0.15, -0.1) is 11.3 Å². The van der Waals surface area contributed by atoms with E-state index in [1.54, 1.807) is 13.3 Å². The van der Waals surface area contributed by atoms with Crippen molar-refractivity contribution in [2.75, 3.05) is 20.2 Å². The van der Waals surface area contributed by atoms with E-state index in [2.05, 4.69) is 14.5 Å². The van der Waals surface area contributed by atoms with Crippen LogP contribution in [0, 0.1) is 0 Å². The summed E-state index contributed by atoms with van der Waals surface area (Å²) in [4.78, 5) is 22.9. The molecule has 112 valence electrons. The first-order chi connectivity index (χ1) is 10.3. The van der Waals surface area contributed by atoms with Gasteiger partial charge in [-0.05, 0) is 12.8 Å². The normalized spacial score (nSPS) is 18.9. The number of piperidine rings is 1. The van der Waals surface area contributed by atoms with E-state index < -0.39 is 0 Å². The topological polar surface area (TPSA) is 60.2 Å². The van der Waals surface area contributed by atoms with Gasteiger partial charge in [-0.2, -0.15) is 0 Å². The molecule has 21 heavy (non-hydrogen) atoms. The van der Waals surface area contributed by atoms with E-state index in [0.717, 1.165) is 24.4 Å². The molecule has 1 fully saturated rings. The highest BCUT2D eigenvalue weighted by Gasteiger charge is 2.26. The van der Waals surface area contributed by atoms with Crippen molar-refractivity contribution < 1.29 is 9.53 Å². The SMILES string of the molecule is COCc1nc(C(=O)N2CCCC(n3ccnc3)C2)cs1. The van der Waals surface area contributed by atoms with Gasteiger partial charge in [-0.3, -0.25) is 4.79 Å². The summed E-state index contributed by atoms with van der Waals surface area (Å²) in [5, 5.41) is 2.65. The fourth-order valence-corrected chi connectivity index (χ4v) is 3.37. The maximum atomic E-state index is 12.5. The Labute approximate surface area is 127 Å². The van der Waals surface area contributed by atoms with Crippen LogP contribution in [0.15, 0.2) is 24.1 Å². The van der Waals surface area contributed by atoms with Crippen LogP contribution >= 0.6 is 11.3 Å². The Morgan fingerprint density at radius 2 is 2.48 bits per heavy atom. The number of likely N-dealkylation sites (tertiary alicyclic amines) is 1. The van der Waals surface area contributed by atoms with Crippen LogP contribution in [-0.2, 0) is 11.3 Å². The quantitative estimate of drug-likeness (QED) is 0.866. The average molecular weight is 306 g/mol. The molecule has 7 heteroatoms. The summed E-state index contributed by atoms with van der Waals surface area (Å²) in [5.74, 6) is 0.0124. The Kier molecular flexibility index (Phi) is 4.31. The molecule has 3 heterocycles. The third-order valence-corrected chi connectivity index (χ3v) is 4.49. The Morgan fingerprint density at radius 1 is 1.57 bits per heavy atom. The Balaban J connectivity index is 1.68. The van der Waals surface area contributed by atoms with Crippen molar-refractivity contribution in [1.82, 2.24) is 19.4 Å². The van der Waals surface area contributed by atoms with Gasteiger partial charge in [0.2, 0.25) is 0 Å². The van der Waals surface area contributed by atoms with E-state index in [4.69, 9.17) is 4.74 Å². The van der Waals surface area contributed by atoms with E-state index in [0.29, 0.717) is 24.9 Å². The fraction of sp³-hybridized carbons (Fsp3) is 0.500. The molecule has 2 aromatic heterocycles. The van der Waals surface area contributed by atoms with Crippen molar-refractivity contribution in [1.29, 1.82) is 0 Å². The van der Waals surface area contributed by atoms with Crippen LogP contribution in [-0.4, -0.2) is 45.5 Å². The van der Waals surface area contributed by atoms with Crippen molar-refractivity contribution >= 4 is 17.2 Å². The van der Waals surface area contributed by atoms with Crippen LogP contribution < -0.4 is 0 Å². The molecule has 3 rings (SSSR count). The van der Waals surface area contributed by atoms with Crippen molar-refractivity contribution in [3.8, 4) is 0 Å². The highest BCUT2D eigenvalue weighted by molar-refractivity contribution is 7.09. The summed E-state index contributed by atoms with van der Waals surface area (Å²) < 4.78 is 7.13. The second kappa shape index (κ2) is 6.36.